The van der Waals surface area contributed by atoms with E-state index in [1.165, 1.54) is 0 Å². The third kappa shape index (κ3) is 3.24. The van der Waals surface area contributed by atoms with Crippen LogP contribution in [-0.4, -0.2) is 39.4 Å². The Morgan fingerprint density at radius 2 is 1.77 bits per heavy atom. The van der Waals surface area contributed by atoms with Gasteiger partial charge in [0.05, 0.1) is 19.4 Å². The maximum Gasteiger partial charge on any atom is 0.360 e. The van der Waals surface area contributed by atoms with Crippen LogP contribution in [0.1, 0.15) is 23.0 Å². The van der Waals surface area contributed by atoms with E-state index in [0.29, 0.717) is 22.7 Å². The number of hydrogen-bond donors (Lipinski definition) is 1. The van der Waals surface area contributed by atoms with E-state index in [1.54, 1.807) is 42.8 Å². The van der Waals surface area contributed by atoms with Crippen molar-refractivity contribution in [2.45, 2.75) is 13.8 Å². The summed E-state index contributed by atoms with van der Waals surface area (Å²) in [5.74, 6) is -0.293. The molecule has 0 aliphatic rings. The third-order valence-electron chi connectivity index (χ3n) is 4.85. The predicted molar refractivity (Wildman–Crippen MR) is 113 cm³/mol. The molecule has 4 rings (SSSR count). The Balaban J connectivity index is 2.03. The lowest BCUT2D eigenvalue weighted by Gasteiger charge is -2.12. The zero-order chi connectivity index (χ0) is 21.3. The highest BCUT2D eigenvalue weighted by molar-refractivity contribution is 5.94. The van der Waals surface area contributed by atoms with Crippen LogP contribution in [0.4, 0.5) is 0 Å². The van der Waals surface area contributed by atoms with Gasteiger partial charge in [-0.3, -0.25) is 0 Å². The van der Waals surface area contributed by atoms with Crippen LogP contribution >= 0.6 is 0 Å². The molecule has 30 heavy (non-hydrogen) atoms. The Bertz CT molecular complexity index is 1220. The number of hydrogen-bond acceptors (Lipinski definition) is 6. The van der Waals surface area contributed by atoms with Crippen molar-refractivity contribution >= 4 is 11.6 Å². The van der Waals surface area contributed by atoms with E-state index in [0.717, 1.165) is 16.8 Å². The zero-order valence-electron chi connectivity index (χ0n) is 16.9. The van der Waals surface area contributed by atoms with Crippen molar-refractivity contribution in [2.75, 3.05) is 13.7 Å². The SMILES string of the molecule is CCOC(=O)c1nc2c(C)c(-c3ccccc3)nn2c(-c2ccc(OC)cc2)c1O. The predicted octanol–water partition coefficient (Wildman–Crippen LogP) is 4.26. The lowest BCUT2D eigenvalue weighted by atomic mass is 10.1. The van der Waals surface area contributed by atoms with Gasteiger partial charge in [0.25, 0.3) is 0 Å². The van der Waals surface area contributed by atoms with Crippen molar-refractivity contribution in [2.24, 2.45) is 0 Å². The van der Waals surface area contributed by atoms with Gasteiger partial charge in [-0.2, -0.15) is 5.10 Å². The highest BCUT2D eigenvalue weighted by Gasteiger charge is 2.25. The van der Waals surface area contributed by atoms with Gasteiger partial charge < -0.3 is 14.6 Å². The number of carbonyl (C=O) groups is 1. The van der Waals surface area contributed by atoms with Gasteiger partial charge in [-0.15, -0.1) is 0 Å². The van der Waals surface area contributed by atoms with Crippen molar-refractivity contribution in [3.8, 4) is 34.0 Å². The van der Waals surface area contributed by atoms with Gasteiger partial charge in [-0.25, -0.2) is 14.3 Å². The molecule has 152 valence electrons. The van der Waals surface area contributed by atoms with Gasteiger partial charge in [-0.1, -0.05) is 30.3 Å². The van der Waals surface area contributed by atoms with Gasteiger partial charge >= 0.3 is 5.97 Å². The molecule has 0 atom stereocenters. The summed E-state index contributed by atoms with van der Waals surface area (Å²) in [5.41, 5.74) is 3.78. The average molecular weight is 403 g/mol. The van der Waals surface area contributed by atoms with Crippen LogP contribution in [0, 0.1) is 6.92 Å². The molecule has 4 aromatic rings. The second-order valence-corrected chi connectivity index (χ2v) is 6.68. The van der Waals surface area contributed by atoms with Crippen LogP contribution in [0.2, 0.25) is 0 Å². The van der Waals surface area contributed by atoms with Crippen molar-refractivity contribution in [1.82, 2.24) is 14.6 Å². The second kappa shape index (κ2) is 7.87. The Kier molecular flexibility index (Phi) is 5.10. The fraction of sp³-hybridized carbons (Fsp3) is 0.174. The van der Waals surface area contributed by atoms with Gasteiger partial charge in [0.15, 0.2) is 17.1 Å². The van der Waals surface area contributed by atoms with Crippen molar-refractivity contribution in [1.29, 1.82) is 0 Å². The molecular weight excluding hydrogens is 382 g/mol. The minimum atomic E-state index is -0.686. The number of aryl methyl sites for hydroxylation is 1. The largest absolute Gasteiger partial charge is 0.504 e. The molecule has 0 radical (unpaired) electrons. The van der Waals surface area contributed by atoms with Crippen LogP contribution in [0.25, 0.3) is 28.2 Å². The van der Waals surface area contributed by atoms with E-state index in [4.69, 9.17) is 14.6 Å². The molecule has 0 bridgehead atoms. The van der Waals surface area contributed by atoms with Crippen molar-refractivity contribution in [3.05, 3.63) is 65.9 Å². The molecule has 0 spiro atoms. The molecule has 2 heterocycles. The monoisotopic (exact) mass is 403 g/mol. The number of methoxy groups -OCH3 is 1. The molecule has 0 fully saturated rings. The Morgan fingerprint density at radius 1 is 1.07 bits per heavy atom. The van der Waals surface area contributed by atoms with Crippen molar-refractivity contribution in [3.63, 3.8) is 0 Å². The number of aromatic hydroxyl groups is 1. The first kappa shape index (κ1) is 19.4. The summed E-state index contributed by atoms with van der Waals surface area (Å²) in [7, 11) is 1.58. The van der Waals surface area contributed by atoms with Gasteiger partial charge in [0.2, 0.25) is 0 Å². The maximum absolute atomic E-state index is 12.5. The van der Waals surface area contributed by atoms with Crippen LogP contribution in [-0.2, 0) is 4.74 Å². The second-order valence-electron chi connectivity index (χ2n) is 6.68. The molecule has 0 aliphatic heterocycles. The Labute approximate surface area is 173 Å². The third-order valence-corrected chi connectivity index (χ3v) is 4.85. The number of benzene rings is 2. The summed E-state index contributed by atoms with van der Waals surface area (Å²) in [6.45, 7) is 3.77. The highest BCUT2D eigenvalue weighted by atomic mass is 16.5. The molecule has 0 amide bonds. The summed E-state index contributed by atoms with van der Waals surface area (Å²) in [6.07, 6.45) is 0. The number of aromatic nitrogens is 3. The number of carbonyl (C=O) groups excluding carboxylic acids is 1. The van der Waals surface area contributed by atoms with E-state index < -0.39 is 5.97 Å². The lowest BCUT2D eigenvalue weighted by molar-refractivity contribution is 0.0516. The van der Waals surface area contributed by atoms with Crippen LogP contribution in [0.3, 0.4) is 0 Å². The molecule has 2 aromatic carbocycles. The Morgan fingerprint density at radius 3 is 2.40 bits per heavy atom. The first-order valence-electron chi connectivity index (χ1n) is 9.54. The Hall–Kier alpha value is -3.87. The minimum Gasteiger partial charge on any atom is -0.504 e. The van der Waals surface area contributed by atoms with E-state index >= 15 is 0 Å². The molecule has 7 nitrogen and oxygen atoms in total. The summed E-state index contributed by atoms with van der Waals surface area (Å²) < 4.78 is 11.9. The normalized spacial score (nSPS) is 10.9. The molecule has 0 saturated heterocycles. The topological polar surface area (TPSA) is 86.0 Å². The van der Waals surface area contributed by atoms with Gasteiger partial charge in [0.1, 0.15) is 11.4 Å². The lowest BCUT2D eigenvalue weighted by Crippen LogP contribution is -2.11. The average Bonchev–Trinajstić information content (AvgIpc) is 3.10. The minimum absolute atomic E-state index is 0.141. The number of ether oxygens (including phenoxy) is 2. The molecular formula is C23H21N3O4. The van der Waals surface area contributed by atoms with E-state index in [2.05, 4.69) is 4.98 Å². The standard InChI is InChI=1S/C23H21N3O4/c1-4-30-23(28)19-21(27)20(16-10-12-17(29-3)13-11-16)26-22(24-19)14(2)18(25-26)15-8-6-5-7-9-15/h5-13,27H,4H2,1-3H3. The quantitative estimate of drug-likeness (QED) is 0.501. The summed E-state index contributed by atoms with van der Waals surface area (Å²) >= 11 is 0. The fourth-order valence-electron chi connectivity index (χ4n) is 3.37. The molecule has 0 aliphatic carbocycles. The summed E-state index contributed by atoms with van der Waals surface area (Å²) in [4.78, 5) is 16.9. The summed E-state index contributed by atoms with van der Waals surface area (Å²) in [5, 5.41) is 15.7. The molecule has 2 aromatic heterocycles. The number of esters is 1. The maximum atomic E-state index is 12.5. The van der Waals surface area contributed by atoms with Crippen LogP contribution in [0.15, 0.2) is 54.6 Å². The number of fused-ring (bicyclic) bond motifs is 1. The van der Waals surface area contributed by atoms with E-state index in [9.17, 15) is 9.90 Å². The van der Waals surface area contributed by atoms with Crippen LogP contribution < -0.4 is 4.74 Å². The molecule has 7 heteroatoms. The molecule has 0 saturated carbocycles. The van der Waals surface area contributed by atoms with E-state index in [-0.39, 0.29) is 18.1 Å². The smallest absolute Gasteiger partial charge is 0.360 e. The van der Waals surface area contributed by atoms with Gasteiger partial charge in [0, 0.05) is 16.7 Å². The van der Waals surface area contributed by atoms with E-state index in [1.807, 2.05) is 37.3 Å². The number of nitrogens with zero attached hydrogens (tertiary/aromatic N) is 3. The van der Waals surface area contributed by atoms with Gasteiger partial charge in [-0.05, 0) is 38.1 Å². The molecule has 0 unspecified atom stereocenters. The molecule has 1 N–H and O–H groups in total. The van der Waals surface area contributed by atoms with Crippen LogP contribution in [0.5, 0.6) is 11.5 Å². The first-order chi connectivity index (χ1) is 14.5. The fourth-order valence-corrected chi connectivity index (χ4v) is 3.37. The first-order valence-corrected chi connectivity index (χ1v) is 9.54. The van der Waals surface area contributed by atoms with Crippen molar-refractivity contribution < 1.29 is 19.4 Å². The summed E-state index contributed by atoms with van der Waals surface area (Å²) in [6, 6.07) is 16.8. The highest BCUT2D eigenvalue weighted by Crippen LogP contribution is 2.36. The number of rotatable bonds is 5. The zero-order valence-corrected chi connectivity index (χ0v) is 16.9.